The molecular weight excluding hydrogens is 500 g/mol. The minimum Gasteiger partial charge on any atom is -0.463 e. The fourth-order valence-electron chi connectivity index (χ4n) is 4.77. The Morgan fingerprint density at radius 1 is 0.897 bits per heavy atom. The van der Waals surface area contributed by atoms with Crippen LogP contribution in [0.4, 0.5) is 0 Å². The number of benzene rings is 2. The van der Waals surface area contributed by atoms with Crippen molar-refractivity contribution in [2.75, 3.05) is 13.2 Å². The van der Waals surface area contributed by atoms with Gasteiger partial charge in [-0.05, 0) is 51.8 Å². The molecular formula is C31H40O8. The Balaban J connectivity index is 1.65. The van der Waals surface area contributed by atoms with Gasteiger partial charge in [-0.25, -0.2) is 4.79 Å². The molecule has 8 heteroatoms. The van der Waals surface area contributed by atoms with Crippen LogP contribution in [0, 0.1) is 0 Å². The third-order valence-electron chi connectivity index (χ3n) is 6.49. The first-order chi connectivity index (χ1) is 18.7. The third kappa shape index (κ3) is 8.45. The van der Waals surface area contributed by atoms with E-state index in [4.69, 9.17) is 33.2 Å². The lowest BCUT2D eigenvalue weighted by molar-refractivity contribution is -0.178. The van der Waals surface area contributed by atoms with Crippen LogP contribution < -0.4 is 0 Å². The number of rotatable bonds is 12. The molecule has 2 aliphatic heterocycles. The lowest BCUT2D eigenvalue weighted by Crippen LogP contribution is -2.50. The molecule has 2 fully saturated rings. The van der Waals surface area contributed by atoms with Crippen molar-refractivity contribution in [3.05, 3.63) is 83.9 Å². The SMILES string of the molecule is CCOC(=O)/C=C/[C@H](OCc1ccccc1)[C@@H](OCc1ccccc1)[C@H]1OC(C)(C)O[C@@H]1[C@H]1COC(C)(C)O1. The topological polar surface area (TPSA) is 81.7 Å². The minimum absolute atomic E-state index is 0.275. The number of carbonyl (C=O) groups is 1. The van der Waals surface area contributed by atoms with Crippen molar-refractivity contribution in [1.29, 1.82) is 0 Å². The lowest BCUT2D eigenvalue weighted by atomic mass is 9.98. The zero-order valence-corrected chi connectivity index (χ0v) is 23.4. The summed E-state index contributed by atoms with van der Waals surface area (Å²) < 4.78 is 43.0. The summed E-state index contributed by atoms with van der Waals surface area (Å²) in [4.78, 5) is 12.3. The van der Waals surface area contributed by atoms with Crippen LogP contribution in [-0.4, -0.2) is 61.3 Å². The molecule has 2 aromatic rings. The molecule has 0 bridgehead atoms. The summed E-state index contributed by atoms with van der Waals surface area (Å²) in [5, 5.41) is 0. The highest BCUT2D eigenvalue weighted by atomic mass is 16.8. The maximum atomic E-state index is 12.3. The second kappa shape index (κ2) is 13.2. The van der Waals surface area contributed by atoms with Crippen molar-refractivity contribution < 1.29 is 38.0 Å². The molecule has 0 aliphatic carbocycles. The molecule has 212 valence electrons. The normalized spacial score (nSPS) is 25.5. The average molecular weight is 541 g/mol. The van der Waals surface area contributed by atoms with E-state index in [2.05, 4.69) is 0 Å². The highest BCUT2D eigenvalue weighted by Gasteiger charge is 2.54. The van der Waals surface area contributed by atoms with E-state index in [0.29, 0.717) is 19.8 Å². The van der Waals surface area contributed by atoms with Gasteiger partial charge in [-0.15, -0.1) is 0 Å². The molecule has 0 amide bonds. The predicted octanol–water partition coefficient (Wildman–Crippen LogP) is 4.95. The van der Waals surface area contributed by atoms with Crippen LogP contribution in [-0.2, 0) is 51.2 Å². The monoisotopic (exact) mass is 540 g/mol. The zero-order chi connectivity index (χ0) is 27.9. The Bertz CT molecular complexity index is 1070. The van der Waals surface area contributed by atoms with Gasteiger partial charge >= 0.3 is 5.97 Å². The van der Waals surface area contributed by atoms with E-state index >= 15 is 0 Å². The summed E-state index contributed by atoms with van der Waals surface area (Å²) in [6.45, 7) is 10.5. The van der Waals surface area contributed by atoms with Gasteiger partial charge in [0, 0.05) is 6.08 Å². The Kier molecular flexibility index (Phi) is 9.93. The van der Waals surface area contributed by atoms with Crippen LogP contribution in [0.3, 0.4) is 0 Å². The largest absolute Gasteiger partial charge is 0.463 e. The summed E-state index contributed by atoms with van der Waals surface area (Å²) in [6, 6.07) is 19.7. The first-order valence-electron chi connectivity index (χ1n) is 13.5. The number of ether oxygens (including phenoxy) is 7. The quantitative estimate of drug-likeness (QED) is 0.276. The van der Waals surface area contributed by atoms with E-state index in [0.717, 1.165) is 11.1 Å². The van der Waals surface area contributed by atoms with Gasteiger partial charge in [0.2, 0.25) is 0 Å². The number of hydrogen-bond donors (Lipinski definition) is 0. The first kappa shape index (κ1) is 29.4. The first-order valence-corrected chi connectivity index (χ1v) is 13.5. The molecule has 2 heterocycles. The van der Waals surface area contributed by atoms with Gasteiger partial charge in [0.05, 0.1) is 26.4 Å². The summed E-state index contributed by atoms with van der Waals surface area (Å²) in [5.41, 5.74) is 1.98. The summed E-state index contributed by atoms with van der Waals surface area (Å²) in [6.07, 6.45) is 0.279. The number of esters is 1. The van der Waals surface area contributed by atoms with Gasteiger partial charge in [-0.2, -0.15) is 0 Å². The van der Waals surface area contributed by atoms with Crippen LogP contribution in [0.1, 0.15) is 45.7 Å². The molecule has 2 aromatic carbocycles. The molecule has 5 atom stereocenters. The van der Waals surface area contributed by atoms with Crippen molar-refractivity contribution >= 4 is 5.97 Å². The van der Waals surface area contributed by atoms with Crippen LogP contribution >= 0.6 is 0 Å². The lowest BCUT2D eigenvalue weighted by Gasteiger charge is -2.33. The van der Waals surface area contributed by atoms with Crippen LogP contribution in [0.2, 0.25) is 0 Å². The van der Waals surface area contributed by atoms with E-state index in [1.807, 2.05) is 88.4 Å². The molecule has 0 saturated carbocycles. The third-order valence-corrected chi connectivity index (χ3v) is 6.49. The molecule has 4 rings (SSSR count). The standard InChI is InChI=1S/C31H40O8/c1-6-33-26(32)18-17-24(34-19-22-13-9-7-10-14-22)27(35-20-23-15-11-8-12-16-23)29-28(38-31(4,5)39-29)25-21-36-30(2,3)37-25/h7-18,24-25,27-29H,6,19-21H2,1-5H3/b18-17+/t24-,25+,27+,28+,29+/m0/s1. The van der Waals surface area contributed by atoms with E-state index in [1.165, 1.54) is 6.08 Å². The van der Waals surface area contributed by atoms with Gasteiger partial charge < -0.3 is 33.2 Å². The summed E-state index contributed by atoms with van der Waals surface area (Å²) in [7, 11) is 0. The Morgan fingerprint density at radius 2 is 1.51 bits per heavy atom. The van der Waals surface area contributed by atoms with Crippen LogP contribution in [0.25, 0.3) is 0 Å². The van der Waals surface area contributed by atoms with Crippen molar-refractivity contribution in [3.8, 4) is 0 Å². The van der Waals surface area contributed by atoms with Gasteiger partial charge in [0.1, 0.15) is 30.5 Å². The van der Waals surface area contributed by atoms with E-state index in [1.54, 1.807) is 13.0 Å². The highest BCUT2D eigenvalue weighted by molar-refractivity contribution is 5.81. The molecule has 2 aliphatic rings. The van der Waals surface area contributed by atoms with Gasteiger partial charge in [0.25, 0.3) is 0 Å². The Labute approximate surface area is 231 Å². The van der Waals surface area contributed by atoms with E-state index < -0.39 is 42.0 Å². The number of carbonyl (C=O) groups excluding carboxylic acids is 1. The minimum atomic E-state index is -0.894. The fraction of sp³-hybridized carbons (Fsp3) is 0.516. The summed E-state index contributed by atoms with van der Waals surface area (Å²) in [5.74, 6) is -2.09. The summed E-state index contributed by atoms with van der Waals surface area (Å²) >= 11 is 0. The molecule has 8 nitrogen and oxygen atoms in total. The number of hydrogen-bond acceptors (Lipinski definition) is 8. The van der Waals surface area contributed by atoms with Crippen molar-refractivity contribution in [3.63, 3.8) is 0 Å². The fourth-order valence-corrected chi connectivity index (χ4v) is 4.77. The smallest absolute Gasteiger partial charge is 0.330 e. The van der Waals surface area contributed by atoms with Crippen molar-refractivity contribution in [2.45, 2.75) is 89.9 Å². The molecule has 39 heavy (non-hydrogen) atoms. The molecule has 0 aromatic heterocycles. The highest BCUT2D eigenvalue weighted by Crippen LogP contribution is 2.38. The van der Waals surface area contributed by atoms with E-state index in [-0.39, 0.29) is 12.7 Å². The molecule has 0 N–H and O–H groups in total. The van der Waals surface area contributed by atoms with Gasteiger partial charge in [-0.1, -0.05) is 60.7 Å². The average Bonchev–Trinajstić information content (AvgIpc) is 3.44. The maximum Gasteiger partial charge on any atom is 0.330 e. The second-order valence-corrected chi connectivity index (χ2v) is 10.6. The predicted molar refractivity (Wildman–Crippen MR) is 145 cm³/mol. The molecule has 2 saturated heterocycles. The van der Waals surface area contributed by atoms with Gasteiger partial charge in [0.15, 0.2) is 11.6 Å². The maximum absolute atomic E-state index is 12.3. The Hall–Kier alpha value is -2.59. The van der Waals surface area contributed by atoms with Crippen LogP contribution in [0.5, 0.6) is 0 Å². The molecule has 0 unspecified atom stereocenters. The van der Waals surface area contributed by atoms with Gasteiger partial charge in [-0.3, -0.25) is 0 Å². The Morgan fingerprint density at radius 3 is 2.08 bits per heavy atom. The van der Waals surface area contributed by atoms with E-state index in [9.17, 15) is 4.79 Å². The zero-order valence-electron chi connectivity index (χ0n) is 23.4. The second-order valence-electron chi connectivity index (χ2n) is 10.6. The molecule has 0 radical (unpaired) electrons. The molecule has 0 spiro atoms. The van der Waals surface area contributed by atoms with Crippen molar-refractivity contribution in [1.82, 2.24) is 0 Å². The van der Waals surface area contributed by atoms with Crippen molar-refractivity contribution in [2.24, 2.45) is 0 Å². The van der Waals surface area contributed by atoms with Crippen LogP contribution in [0.15, 0.2) is 72.8 Å².